The first-order chi connectivity index (χ1) is 14.9. The van der Waals surface area contributed by atoms with Crippen LogP contribution in [0, 0.1) is 12.3 Å². The van der Waals surface area contributed by atoms with Crippen molar-refractivity contribution < 1.29 is 0 Å². The molecule has 0 heterocycles. The van der Waals surface area contributed by atoms with E-state index < -0.39 is 0 Å². The predicted octanol–water partition coefficient (Wildman–Crippen LogP) is 7.22. The molecular weight excluding hydrogens is 376 g/mol. The average Bonchev–Trinajstić information content (AvgIpc) is 2.78. The van der Waals surface area contributed by atoms with Crippen LogP contribution in [-0.4, -0.2) is 12.4 Å². The van der Waals surface area contributed by atoms with Gasteiger partial charge in [-0.15, -0.1) is 0 Å². The third kappa shape index (κ3) is 5.95. The molecule has 160 valence electrons. The summed E-state index contributed by atoms with van der Waals surface area (Å²) >= 11 is 0. The summed E-state index contributed by atoms with van der Waals surface area (Å²) in [5.41, 5.74) is 6.13. The van der Waals surface area contributed by atoms with Crippen LogP contribution in [0.5, 0.6) is 0 Å². The largest absolute Gasteiger partial charge is 0.344 e. The number of allylic oxidation sites excluding steroid dienone is 1. The summed E-state index contributed by atoms with van der Waals surface area (Å²) in [6.45, 7) is 11.6. The van der Waals surface area contributed by atoms with Crippen LogP contribution >= 0.6 is 0 Å². The van der Waals surface area contributed by atoms with Crippen LogP contribution in [0.15, 0.2) is 96.0 Å². The summed E-state index contributed by atoms with van der Waals surface area (Å²) in [5, 5.41) is 3.50. The molecule has 31 heavy (non-hydrogen) atoms. The second-order valence-corrected chi connectivity index (χ2v) is 8.84. The highest BCUT2D eigenvalue weighted by molar-refractivity contribution is 5.89. The number of hydrogen-bond acceptors (Lipinski definition) is 1. The van der Waals surface area contributed by atoms with Gasteiger partial charge in [0.15, 0.2) is 0 Å². The fourth-order valence-corrected chi connectivity index (χ4v) is 4.08. The van der Waals surface area contributed by atoms with Gasteiger partial charge in [-0.25, -0.2) is 0 Å². The highest BCUT2D eigenvalue weighted by atomic mass is 15.0. The van der Waals surface area contributed by atoms with Gasteiger partial charge < -0.3 is 5.32 Å². The van der Waals surface area contributed by atoms with Gasteiger partial charge in [-0.1, -0.05) is 110 Å². The van der Waals surface area contributed by atoms with Crippen molar-refractivity contribution in [1.82, 2.24) is 5.32 Å². The maximum absolute atomic E-state index is 4.96. The van der Waals surface area contributed by atoms with E-state index in [0.717, 1.165) is 18.1 Å². The quantitative estimate of drug-likeness (QED) is 0.323. The molecule has 0 unspecified atom stereocenters. The van der Waals surface area contributed by atoms with E-state index in [4.69, 9.17) is 4.99 Å². The number of amidine groups is 1. The summed E-state index contributed by atoms with van der Waals surface area (Å²) in [6.07, 6.45) is 2.10. The lowest BCUT2D eigenvalue weighted by atomic mass is 9.71. The molecule has 2 heteroatoms. The maximum atomic E-state index is 4.96. The van der Waals surface area contributed by atoms with Crippen molar-refractivity contribution in [1.29, 1.82) is 0 Å². The fraction of sp³-hybridized carbons (Fsp3) is 0.276. The number of nitrogens with zero attached hydrogens (tertiary/aromatic N) is 1. The molecule has 2 nitrogen and oxygen atoms in total. The average molecular weight is 411 g/mol. The Balaban J connectivity index is 1.81. The number of hydrogen-bond donors (Lipinski definition) is 1. The smallest absolute Gasteiger partial charge is 0.0975 e. The van der Waals surface area contributed by atoms with Crippen molar-refractivity contribution in [3.8, 4) is 0 Å². The van der Waals surface area contributed by atoms with Gasteiger partial charge in [-0.3, -0.25) is 4.99 Å². The molecule has 0 radical (unpaired) electrons. The van der Waals surface area contributed by atoms with Gasteiger partial charge in [0.2, 0.25) is 0 Å². The van der Waals surface area contributed by atoms with Crippen molar-refractivity contribution >= 4 is 11.5 Å². The first kappa shape index (κ1) is 22.6. The van der Waals surface area contributed by atoms with Crippen molar-refractivity contribution in [3.05, 3.63) is 113 Å². The Bertz CT molecular complexity index is 974. The SMILES string of the molecule is C/C=C(\NC(C)=NCC(C)(C)C(c1ccccc1)c1ccccc1)c1ccc(C)cc1. The van der Waals surface area contributed by atoms with E-state index in [-0.39, 0.29) is 11.3 Å². The molecule has 0 aliphatic carbocycles. The van der Waals surface area contributed by atoms with Crippen LogP contribution in [0.4, 0.5) is 0 Å². The molecule has 3 aromatic rings. The van der Waals surface area contributed by atoms with E-state index >= 15 is 0 Å². The normalized spacial score (nSPS) is 12.8. The molecule has 1 N–H and O–H groups in total. The zero-order chi connectivity index (χ0) is 22.3. The molecule has 0 aliphatic rings. The van der Waals surface area contributed by atoms with Crippen molar-refractivity contribution in [2.45, 2.75) is 40.5 Å². The third-order valence-corrected chi connectivity index (χ3v) is 5.74. The summed E-state index contributed by atoms with van der Waals surface area (Å²) in [4.78, 5) is 4.96. The van der Waals surface area contributed by atoms with Crippen LogP contribution in [0.1, 0.15) is 55.9 Å². The molecule has 0 saturated heterocycles. The van der Waals surface area contributed by atoms with Crippen LogP contribution in [-0.2, 0) is 0 Å². The first-order valence-corrected chi connectivity index (χ1v) is 11.0. The molecular formula is C29H34N2. The standard InChI is InChI=1S/C29H34N2/c1-6-27(24-19-17-22(2)18-20-24)31-23(3)30-21-29(4,5)28(25-13-9-7-10-14-25)26-15-11-8-12-16-26/h6-20,28H,21H2,1-5H3,(H,30,31)/b27-6-. The number of benzene rings is 3. The fourth-order valence-electron chi connectivity index (χ4n) is 4.08. The van der Waals surface area contributed by atoms with Gasteiger partial charge in [0.1, 0.15) is 0 Å². The van der Waals surface area contributed by atoms with Crippen molar-refractivity contribution in [2.75, 3.05) is 6.54 Å². The molecule has 0 amide bonds. The van der Waals surface area contributed by atoms with E-state index in [1.807, 2.05) is 6.92 Å². The zero-order valence-electron chi connectivity index (χ0n) is 19.4. The molecule has 0 saturated carbocycles. The summed E-state index contributed by atoms with van der Waals surface area (Å²) in [7, 11) is 0. The second kappa shape index (κ2) is 10.3. The highest BCUT2D eigenvalue weighted by Gasteiger charge is 2.32. The number of aliphatic imine (C=N–C) groups is 1. The lowest BCUT2D eigenvalue weighted by Gasteiger charge is -2.34. The van der Waals surface area contributed by atoms with E-state index in [1.54, 1.807) is 0 Å². The van der Waals surface area contributed by atoms with Crippen LogP contribution < -0.4 is 5.32 Å². The Kier molecular flexibility index (Phi) is 7.46. The first-order valence-electron chi connectivity index (χ1n) is 11.0. The minimum Gasteiger partial charge on any atom is -0.344 e. The molecule has 0 aromatic heterocycles. The highest BCUT2D eigenvalue weighted by Crippen LogP contribution is 2.41. The second-order valence-electron chi connectivity index (χ2n) is 8.84. The van der Waals surface area contributed by atoms with Crippen molar-refractivity contribution in [2.24, 2.45) is 10.4 Å². The Morgan fingerprint density at radius 3 is 1.87 bits per heavy atom. The van der Waals surface area contributed by atoms with E-state index in [0.29, 0.717) is 0 Å². The summed E-state index contributed by atoms with van der Waals surface area (Å²) in [6, 6.07) is 30.1. The minimum absolute atomic E-state index is 0.0500. The molecule has 0 spiro atoms. The zero-order valence-corrected chi connectivity index (χ0v) is 19.4. The van der Waals surface area contributed by atoms with E-state index in [2.05, 4.69) is 124 Å². The molecule has 0 bridgehead atoms. The number of nitrogens with one attached hydrogen (secondary N) is 1. The van der Waals surface area contributed by atoms with Gasteiger partial charge >= 0.3 is 0 Å². The van der Waals surface area contributed by atoms with E-state index in [9.17, 15) is 0 Å². The van der Waals surface area contributed by atoms with Gasteiger partial charge in [-0.05, 0) is 42.9 Å². The predicted molar refractivity (Wildman–Crippen MR) is 134 cm³/mol. The number of aryl methyl sites for hydroxylation is 1. The molecule has 3 aromatic carbocycles. The summed E-state index contributed by atoms with van der Waals surface area (Å²) < 4.78 is 0. The summed E-state index contributed by atoms with van der Waals surface area (Å²) in [5.74, 6) is 1.20. The molecule has 0 fully saturated rings. The third-order valence-electron chi connectivity index (χ3n) is 5.74. The van der Waals surface area contributed by atoms with Crippen LogP contribution in [0.3, 0.4) is 0 Å². The minimum atomic E-state index is -0.0500. The van der Waals surface area contributed by atoms with Crippen LogP contribution in [0.25, 0.3) is 5.70 Å². The van der Waals surface area contributed by atoms with E-state index in [1.165, 1.54) is 22.3 Å². The molecule has 0 aliphatic heterocycles. The molecule has 3 rings (SSSR count). The van der Waals surface area contributed by atoms with Gasteiger partial charge in [0.05, 0.1) is 5.84 Å². The van der Waals surface area contributed by atoms with Gasteiger partial charge in [-0.2, -0.15) is 0 Å². The monoisotopic (exact) mass is 410 g/mol. The lowest BCUT2D eigenvalue weighted by Crippen LogP contribution is -2.28. The number of rotatable bonds is 7. The van der Waals surface area contributed by atoms with Gasteiger partial charge in [0, 0.05) is 18.2 Å². The Morgan fingerprint density at radius 2 is 1.39 bits per heavy atom. The Morgan fingerprint density at radius 1 is 0.871 bits per heavy atom. The Labute approximate surface area is 187 Å². The molecule has 0 atom stereocenters. The Hall–Kier alpha value is -3.13. The maximum Gasteiger partial charge on any atom is 0.0975 e. The van der Waals surface area contributed by atoms with Crippen LogP contribution in [0.2, 0.25) is 0 Å². The topological polar surface area (TPSA) is 24.4 Å². The van der Waals surface area contributed by atoms with Crippen molar-refractivity contribution in [3.63, 3.8) is 0 Å². The van der Waals surface area contributed by atoms with Gasteiger partial charge in [0.25, 0.3) is 0 Å². The lowest BCUT2D eigenvalue weighted by molar-refractivity contribution is 0.330.